The SMILES string of the molecule is C=Cc1csc(NC(=O)C(OC2CCOCC2)c2ccc(S(=O)(=O)C3CC3)cc2)n1. The summed E-state index contributed by atoms with van der Waals surface area (Å²) in [6, 6.07) is 6.46. The maximum Gasteiger partial charge on any atom is 0.259 e. The highest BCUT2D eigenvalue weighted by atomic mass is 32.2. The Balaban J connectivity index is 1.55. The van der Waals surface area contributed by atoms with E-state index in [2.05, 4.69) is 16.9 Å². The Bertz CT molecular complexity index is 1010. The first-order valence-corrected chi connectivity index (χ1v) is 12.4. The summed E-state index contributed by atoms with van der Waals surface area (Å²) in [6.07, 6.45) is 3.46. The average Bonchev–Trinajstić information content (AvgIpc) is 3.54. The Labute approximate surface area is 180 Å². The monoisotopic (exact) mass is 448 g/mol. The molecule has 1 atom stereocenters. The van der Waals surface area contributed by atoms with Gasteiger partial charge in [0.15, 0.2) is 21.1 Å². The molecule has 1 aliphatic heterocycles. The zero-order chi connectivity index (χ0) is 21.1. The van der Waals surface area contributed by atoms with Gasteiger partial charge < -0.3 is 9.47 Å². The first-order chi connectivity index (χ1) is 14.5. The van der Waals surface area contributed by atoms with E-state index in [9.17, 15) is 13.2 Å². The predicted molar refractivity (Wildman–Crippen MR) is 115 cm³/mol. The summed E-state index contributed by atoms with van der Waals surface area (Å²) >= 11 is 1.31. The lowest BCUT2D eigenvalue weighted by molar-refractivity contribution is -0.136. The van der Waals surface area contributed by atoms with E-state index in [0.717, 1.165) is 0 Å². The molecule has 2 heterocycles. The molecule has 1 aliphatic carbocycles. The fourth-order valence-corrected chi connectivity index (χ4v) is 5.66. The number of amides is 1. The van der Waals surface area contributed by atoms with Crippen LogP contribution in [0.1, 0.15) is 43.0 Å². The Morgan fingerprint density at radius 3 is 2.53 bits per heavy atom. The van der Waals surface area contributed by atoms with E-state index in [0.29, 0.717) is 55.3 Å². The fourth-order valence-electron chi connectivity index (χ4n) is 3.31. The second kappa shape index (κ2) is 8.97. The van der Waals surface area contributed by atoms with Crippen molar-refractivity contribution in [1.29, 1.82) is 0 Å². The molecule has 2 fully saturated rings. The topological polar surface area (TPSA) is 94.6 Å². The highest BCUT2D eigenvalue weighted by Gasteiger charge is 2.37. The lowest BCUT2D eigenvalue weighted by atomic mass is 10.1. The number of rotatable bonds is 8. The second-order valence-corrected chi connectivity index (χ2v) is 10.5. The van der Waals surface area contributed by atoms with Gasteiger partial charge in [-0.3, -0.25) is 10.1 Å². The number of thiazole rings is 1. The Morgan fingerprint density at radius 1 is 1.23 bits per heavy atom. The van der Waals surface area contributed by atoms with Crippen molar-refractivity contribution in [3.63, 3.8) is 0 Å². The molecule has 9 heteroatoms. The highest BCUT2D eigenvalue weighted by Crippen LogP contribution is 2.34. The molecule has 1 amide bonds. The number of carbonyl (C=O) groups excluding carboxylic acids is 1. The summed E-state index contributed by atoms with van der Waals surface area (Å²) in [5.41, 5.74) is 1.29. The van der Waals surface area contributed by atoms with Crippen molar-refractivity contribution in [3.05, 3.63) is 47.5 Å². The van der Waals surface area contributed by atoms with E-state index < -0.39 is 15.9 Å². The van der Waals surface area contributed by atoms with E-state index in [-0.39, 0.29) is 22.2 Å². The van der Waals surface area contributed by atoms with Gasteiger partial charge in [0.2, 0.25) is 0 Å². The standard InChI is InChI=1S/C21H24N2O5S2/c1-2-15-13-29-21(22-15)23-20(24)19(28-16-9-11-27-12-10-16)14-3-5-17(6-4-14)30(25,26)18-7-8-18/h2-6,13,16,18-19H,1,7-12H2,(H,22,23,24). The molecule has 2 aliphatic rings. The molecule has 1 aromatic heterocycles. The van der Waals surface area contributed by atoms with Crippen LogP contribution in [0.3, 0.4) is 0 Å². The summed E-state index contributed by atoms with van der Waals surface area (Å²) in [5.74, 6) is -0.343. The van der Waals surface area contributed by atoms with Crippen LogP contribution in [-0.4, -0.2) is 43.9 Å². The Kier molecular flexibility index (Phi) is 6.33. The molecule has 0 radical (unpaired) electrons. The lowest BCUT2D eigenvalue weighted by Gasteiger charge is -2.27. The molecular formula is C21H24N2O5S2. The van der Waals surface area contributed by atoms with Gasteiger partial charge in [-0.25, -0.2) is 13.4 Å². The van der Waals surface area contributed by atoms with Crippen molar-refractivity contribution >= 4 is 38.3 Å². The fraction of sp³-hybridized carbons (Fsp3) is 0.429. The van der Waals surface area contributed by atoms with Crippen LogP contribution < -0.4 is 5.32 Å². The normalized spacial score (nSPS) is 18.7. The number of hydrogen-bond acceptors (Lipinski definition) is 7. The van der Waals surface area contributed by atoms with Gasteiger partial charge in [-0.15, -0.1) is 11.3 Å². The van der Waals surface area contributed by atoms with Gasteiger partial charge in [-0.2, -0.15) is 0 Å². The molecular weight excluding hydrogens is 424 g/mol. The lowest BCUT2D eigenvalue weighted by Crippen LogP contribution is -2.31. The van der Waals surface area contributed by atoms with E-state index >= 15 is 0 Å². The zero-order valence-electron chi connectivity index (χ0n) is 16.5. The number of sulfone groups is 1. The van der Waals surface area contributed by atoms with Crippen LogP contribution in [-0.2, 0) is 24.1 Å². The summed E-state index contributed by atoms with van der Waals surface area (Å²) < 4.78 is 36.4. The van der Waals surface area contributed by atoms with Gasteiger partial charge in [0.25, 0.3) is 5.91 Å². The molecule has 2 aromatic rings. The summed E-state index contributed by atoms with van der Waals surface area (Å²) in [7, 11) is -3.28. The molecule has 0 bridgehead atoms. The largest absolute Gasteiger partial charge is 0.381 e. The van der Waals surface area contributed by atoms with Crippen molar-refractivity contribution in [3.8, 4) is 0 Å². The quantitative estimate of drug-likeness (QED) is 0.663. The van der Waals surface area contributed by atoms with Crippen molar-refractivity contribution in [2.24, 2.45) is 0 Å². The molecule has 1 saturated heterocycles. The molecule has 7 nitrogen and oxygen atoms in total. The van der Waals surface area contributed by atoms with E-state index in [1.807, 2.05) is 0 Å². The third-order valence-corrected chi connectivity index (χ3v) is 8.23. The van der Waals surface area contributed by atoms with Gasteiger partial charge in [0, 0.05) is 18.6 Å². The maximum absolute atomic E-state index is 13.0. The number of ether oxygens (including phenoxy) is 2. The van der Waals surface area contributed by atoms with Crippen molar-refractivity contribution < 1.29 is 22.7 Å². The summed E-state index contributed by atoms with van der Waals surface area (Å²) in [4.78, 5) is 17.6. The summed E-state index contributed by atoms with van der Waals surface area (Å²) in [5, 5.41) is 4.79. The minimum atomic E-state index is -3.28. The van der Waals surface area contributed by atoms with Crippen LogP contribution in [0.4, 0.5) is 5.13 Å². The van der Waals surface area contributed by atoms with Crippen molar-refractivity contribution in [1.82, 2.24) is 4.98 Å². The van der Waals surface area contributed by atoms with Gasteiger partial charge in [0.05, 0.1) is 21.9 Å². The van der Waals surface area contributed by atoms with E-state index in [1.54, 1.807) is 35.7 Å². The number of benzene rings is 1. The van der Waals surface area contributed by atoms with Crippen LogP contribution in [0.2, 0.25) is 0 Å². The summed E-state index contributed by atoms with van der Waals surface area (Å²) in [6.45, 7) is 4.85. The van der Waals surface area contributed by atoms with Crippen molar-refractivity contribution in [2.45, 2.75) is 48.0 Å². The molecule has 1 aromatic carbocycles. The first kappa shape index (κ1) is 21.2. The highest BCUT2D eigenvalue weighted by molar-refractivity contribution is 7.92. The smallest absolute Gasteiger partial charge is 0.259 e. The number of aromatic nitrogens is 1. The van der Waals surface area contributed by atoms with E-state index in [1.165, 1.54) is 11.3 Å². The molecule has 4 rings (SSSR count). The van der Waals surface area contributed by atoms with Gasteiger partial charge >= 0.3 is 0 Å². The number of anilines is 1. The molecule has 30 heavy (non-hydrogen) atoms. The average molecular weight is 449 g/mol. The van der Waals surface area contributed by atoms with Gasteiger partial charge in [-0.05, 0) is 49.5 Å². The number of nitrogens with one attached hydrogen (secondary N) is 1. The minimum Gasteiger partial charge on any atom is -0.381 e. The third kappa shape index (κ3) is 4.80. The van der Waals surface area contributed by atoms with Crippen LogP contribution in [0.25, 0.3) is 6.08 Å². The molecule has 160 valence electrons. The van der Waals surface area contributed by atoms with Gasteiger partial charge in [0.1, 0.15) is 0 Å². The Morgan fingerprint density at radius 2 is 1.93 bits per heavy atom. The zero-order valence-corrected chi connectivity index (χ0v) is 18.1. The van der Waals surface area contributed by atoms with Crippen LogP contribution in [0.15, 0.2) is 41.1 Å². The Hall–Kier alpha value is -2.07. The number of hydrogen-bond donors (Lipinski definition) is 1. The van der Waals surface area contributed by atoms with Crippen LogP contribution in [0, 0.1) is 0 Å². The van der Waals surface area contributed by atoms with Gasteiger partial charge in [-0.1, -0.05) is 18.7 Å². The minimum absolute atomic E-state index is 0.107. The van der Waals surface area contributed by atoms with Crippen LogP contribution in [0.5, 0.6) is 0 Å². The second-order valence-electron chi connectivity index (χ2n) is 7.41. The molecule has 1 unspecified atom stereocenters. The molecule has 1 N–H and O–H groups in total. The third-order valence-electron chi connectivity index (χ3n) is 5.17. The number of nitrogens with zero attached hydrogens (tertiary/aromatic N) is 1. The number of carbonyl (C=O) groups is 1. The first-order valence-electron chi connectivity index (χ1n) is 9.93. The van der Waals surface area contributed by atoms with Crippen LogP contribution >= 0.6 is 11.3 Å². The predicted octanol–water partition coefficient (Wildman–Crippen LogP) is 3.60. The van der Waals surface area contributed by atoms with Crippen molar-refractivity contribution in [2.75, 3.05) is 18.5 Å². The molecule has 1 saturated carbocycles. The maximum atomic E-state index is 13.0. The molecule has 0 spiro atoms. The van der Waals surface area contributed by atoms with E-state index in [4.69, 9.17) is 9.47 Å².